The van der Waals surface area contributed by atoms with Crippen LogP contribution >= 0.6 is 22.9 Å². The standard InChI is InChI=1S/C20H20ClF3N2O2S/c21-16-5-3-14(12-15(16)20(22,23)24)4-6-19(27)25-13-17(18-2-1-11-29-18)26-7-9-28-10-8-26/h1-6,11-12,17H,7-10,13H2,(H,25,27)/b6-4+/t17-/m0/s1. The molecule has 1 amide bonds. The van der Waals surface area contributed by atoms with Crippen molar-refractivity contribution in [2.75, 3.05) is 32.8 Å². The zero-order chi connectivity index (χ0) is 20.9. The fraction of sp³-hybridized carbons (Fsp3) is 0.350. The minimum Gasteiger partial charge on any atom is -0.379 e. The molecule has 1 N–H and O–H groups in total. The van der Waals surface area contributed by atoms with Crippen molar-refractivity contribution < 1.29 is 22.7 Å². The third-order valence-electron chi connectivity index (χ3n) is 4.55. The van der Waals surface area contributed by atoms with E-state index in [1.165, 1.54) is 24.3 Å². The molecule has 1 aromatic carbocycles. The van der Waals surface area contributed by atoms with Crippen molar-refractivity contribution in [3.05, 3.63) is 62.8 Å². The van der Waals surface area contributed by atoms with E-state index in [1.807, 2.05) is 17.5 Å². The van der Waals surface area contributed by atoms with Gasteiger partial charge in [-0.25, -0.2) is 0 Å². The first-order chi connectivity index (χ1) is 13.8. The van der Waals surface area contributed by atoms with E-state index in [0.717, 1.165) is 24.0 Å². The van der Waals surface area contributed by atoms with Crippen LogP contribution in [0.2, 0.25) is 5.02 Å². The summed E-state index contributed by atoms with van der Waals surface area (Å²) in [6, 6.07) is 7.56. The highest BCUT2D eigenvalue weighted by molar-refractivity contribution is 7.10. The monoisotopic (exact) mass is 444 g/mol. The van der Waals surface area contributed by atoms with Crippen LogP contribution in [-0.2, 0) is 15.7 Å². The number of carbonyl (C=O) groups excluding carboxylic acids is 1. The number of alkyl halides is 3. The molecular weight excluding hydrogens is 425 g/mol. The number of nitrogens with one attached hydrogen (secondary N) is 1. The molecule has 0 spiro atoms. The van der Waals surface area contributed by atoms with E-state index in [4.69, 9.17) is 16.3 Å². The summed E-state index contributed by atoms with van der Waals surface area (Å²) in [7, 11) is 0. The molecule has 1 atom stereocenters. The lowest BCUT2D eigenvalue weighted by atomic mass is 10.1. The van der Waals surface area contributed by atoms with E-state index in [9.17, 15) is 18.0 Å². The topological polar surface area (TPSA) is 41.6 Å². The molecule has 0 aliphatic carbocycles. The van der Waals surface area contributed by atoms with Gasteiger partial charge in [-0.15, -0.1) is 11.3 Å². The maximum atomic E-state index is 12.9. The van der Waals surface area contributed by atoms with Gasteiger partial charge in [-0.1, -0.05) is 23.7 Å². The molecule has 3 rings (SSSR count). The van der Waals surface area contributed by atoms with Crippen molar-refractivity contribution >= 4 is 34.9 Å². The van der Waals surface area contributed by atoms with Gasteiger partial charge < -0.3 is 10.1 Å². The second kappa shape index (κ2) is 9.75. The summed E-state index contributed by atoms with van der Waals surface area (Å²) in [4.78, 5) is 15.6. The number of thiophene rings is 1. The zero-order valence-electron chi connectivity index (χ0n) is 15.4. The van der Waals surface area contributed by atoms with Gasteiger partial charge in [0, 0.05) is 30.6 Å². The van der Waals surface area contributed by atoms with Gasteiger partial charge in [-0.2, -0.15) is 13.2 Å². The van der Waals surface area contributed by atoms with Gasteiger partial charge >= 0.3 is 6.18 Å². The minimum absolute atomic E-state index is 0.0311. The van der Waals surface area contributed by atoms with E-state index in [0.29, 0.717) is 19.8 Å². The molecule has 0 bridgehead atoms. The van der Waals surface area contributed by atoms with Gasteiger partial charge in [-0.05, 0) is 35.2 Å². The van der Waals surface area contributed by atoms with Crippen molar-refractivity contribution in [3.63, 3.8) is 0 Å². The maximum absolute atomic E-state index is 12.9. The van der Waals surface area contributed by atoms with E-state index in [-0.39, 0.29) is 22.5 Å². The molecule has 1 saturated heterocycles. The fourth-order valence-electron chi connectivity index (χ4n) is 3.07. The van der Waals surface area contributed by atoms with Crippen LogP contribution in [0.15, 0.2) is 41.8 Å². The number of morpholine rings is 1. The van der Waals surface area contributed by atoms with Crippen LogP contribution in [0.5, 0.6) is 0 Å². The zero-order valence-corrected chi connectivity index (χ0v) is 17.0. The van der Waals surface area contributed by atoms with Gasteiger partial charge in [0.1, 0.15) is 0 Å². The highest BCUT2D eigenvalue weighted by atomic mass is 35.5. The molecule has 1 aliphatic heterocycles. The molecule has 1 aliphatic rings. The smallest absolute Gasteiger partial charge is 0.379 e. The predicted molar refractivity (Wildman–Crippen MR) is 108 cm³/mol. The Kier molecular flexibility index (Phi) is 7.34. The molecule has 2 heterocycles. The van der Waals surface area contributed by atoms with Crippen molar-refractivity contribution in [2.45, 2.75) is 12.2 Å². The molecule has 9 heteroatoms. The van der Waals surface area contributed by atoms with Crippen LogP contribution in [-0.4, -0.2) is 43.7 Å². The van der Waals surface area contributed by atoms with E-state index >= 15 is 0 Å². The molecule has 156 valence electrons. The number of hydrogen-bond acceptors (Lipinski definition) is 4. The van der Waals surface area contributed by atoms with E-state index in [1.54, 1.807) is 11.3 Å². The SMILES string of the molecule is O=C(/C=C/c1ccc(Cl)c(C(F)(F)F)c1)NC[C@@H](c1cccs1)N1CCOCC1. The third kappa shape index (κ3) is 6.05. The average Bonchev–Trinajstić information content (AvgIpc) is 3.22. The lowest BCUT2D eigenvalue weighted by molar-refractivity contribution is -0.137. The summed E-state index contributed by atoms with van der Waals surface area (Å²) in [5, 5.41) is 4.46. The summed E-state index contributed by atoms with van der Waals surface area (Å²) in [6.45, 7) is 3.25. The Bertz CT molecular complexity index is 850. The Labute approximate surface area is 175 Å². The number of hydrogen-bond donors (Lipinski definition) is 1. The van der Waals surface area contributed by atoms with Crippen molar-refractivity contribution in [1.29, 1.82) is 0 Å². The Morgan fingerprint density at radius 2 is 2.07 bits per heavy atom. The van der Waals surface area contributed by atoms with Crippen LogP contribution in [0, 0.1) is 0 Å². The average molecular weight is 445 g/mol. The number of benzene rings is 1. The van der Waals surface area contributed by atoms with Gasteiger partial charge in [0.15, 0.2) is 0 Å². The normalized spacial score (nSPS) is 16.8. The van der Waals surface area contributed by atoms with Gasteiger partial charge in [0.05, 0.1) is 29.8 Å². The molecule has 4 nitrogen and oxygen atoms in total. The summed E-state index contributed by atoms with van der Waals surface area (Å²) in [5.74, 6) is -0.372. The molecule has 29 heavy (non-hydrogen) atoms. The van der Waals surface area contributed by atoms with Crippen molar-refractivity contribution in [2.24, 2.45) is 0 Å². The maximum Gasteiger partial charge on any atom is 0.417 e. The van der Waals surface area contributed by atoms with E-state index < -0.39 is 11.7 Å². The Hall–Kier alpha value is -1.87. The van der Waals surface area contributed by atoms with Crippen LogP contribution < -0.4 is 5.32 Å². The first-order valence-corrected chi connectivity index (χ1v) is 10.3. The summed E-state index contributed by atoms with van der Waals surface area (Å²) >= 11 is 7.24. The Balaban J connectivity index is 1.63. The minimum atomic E-state index is -4.55. The number of halogens is 4. The van der Waals surface area contributed by atoms with Gasteiger partial charge in [0.25, 0.3) is 0 Å². The van der Waals surface area contributed by atoms with Crippen LogP contribution in [0.25, 0.3) is 6.08 Å². The molecule has 2 aromatic rings. The lowest BCUT2D eigenvalue weighted by Gasteiger charge is -2.34. The highest BCUT2D eigenvalue weighted by Crippen LogP contribution is 2.35. The second-order valence-electron chi connectivity index (χ2n) is 6.50. The van der Waals surface area contributed by atoms with Gasteiger partial charge in [0.2, 0.25) is 5.91 Å². The van der Waals surface area contributed by atoms with Crippen LogP contribution in [0.4, 0.5) is 13.2 Å². The van der Waals surface area contributed by atoms with Crippen LogP contribution in [0.1, 0.15) is 22.0 Å². The molecule has 0 saturated carbocycles. The molecular formula is C20H20ClF3N2O2S. The second-order valence-corrected chi connectivity index (χ2v) is 7.88. The number of carbonyl (C=O) groups is 1. The molecule has 1 aromatic heterocycles. The first-order valence-electron chi connectivity index (χ1n) is 9.02. The number of ether oxygens (including phenoxy) is 1. The Morgan fingerprint density at radius 1 is 1.31 bits per heavy atom. The fourth-order valence-corrected chi connectivity index (χ4v) is 4.16. The van der Waals surface area contributed by atoms with E-state index in [2.05, 4.69) is 10.2 Å². The van der Waals surface area contributed by atoms with Crippen LogP contribution in [0.3, 0.4) is 0 Å². The lowest BCUT2D eigenvalue weighted by Crippen LogP contribution is -2.43. The summed E-state index contributed by atoms with van der Waals surface area (Å²) in [6.07, 6.45) is -1.97. The molecule has 1 fully saturated rings. The third-order valence-corrected chi connectivity index (χ3v) is 5.85. The van der Waals surface area contributed by atoms with Crippen molar-refractivity contribution in [1.82, 2.24) is 10.2 Å². The quantitative estimate of drug-likeness (QED) is 0.661. The molecule has 0 radical (unpaired) electrons. The summed E-state index contributed by atoms with van der Waals surface area (Å²) in [5.41, 5.74) is -0.674. The highest BCUT2D eigenvalue weighted by Gasteiger charge is 2.33. The van der Waals surface area contributed by atoms with Crippen molar-refractivity contribution in [3.8, 4) is 0 Å². The number of amides is 1. The largest absolute Gasteiger partial charge is 0.417 e. The Morgan fingerprint density at radius 3 is 2.72 bits per heavy atom. The van der Waals surface area contributed by atoms with Gasteiger partial charge in [-0.3, -0.25) is 9.69 Å². The first kappa shape index (κ1) is 21.8. The summed E-state index contributed by atoms with van der Waals surface area (Å²) < 4.78 is 44.2. The number of nitrogens with zero attached hydrogens (tertiary/aromatic N) is 1. The number of rotatable bonds is 6. The predicted octanol–water partition coefficient (Wildman–Crippen LogP) is 4.62. The molecule has 0 unspecified atom stereocenters.